The summed E-state index contributed by atoms with van der Waals surface area (Å²) in [5, 5.41) is 12.4. The van der Waals surface area contributed by atoms with Gasteiger partial charge in [-0.2, -0.15) is 0 Å². The third-order valence-electron chi connectivity index (χ3n) is 4.91. The molecule has 0 spiro atoms. The van der Waals surface area contributed by atoms with Crippen molar-refractivity contribution in [2.75, 3.05) is 10.6 Å². The maximum absolute atomic E-state index is 6.26. The van der Waals surface area contributed by atoms with Crippen molar-refractivity contribution in [3.63, 3.8) is 0 Å². The van der Waals surface area contributed by atoms with Crippen molar-refractivity contribution >= 4 is 28.8 Å². The number of nitrogens with one attached hydrogen (secondary N) is 2. The summed E-state index contributed by atoms with van der Waals surface area (Å²) in [5.74, 6) is 0.845. The third-order valence-corrected chi connectivity index (χ3v) is 5.28. The molecule has 1 saturated carbocycles. The smallest absolute Gasteiger partial charge is 0.177 e. The maximum atomic E-state index is 6.26. The molecule has 2 heterocycles. The van der Waals surface area contributed by atoms with E-state index in [1.807, 2.05) is 36.5 Å². The molecule has 4 rings (SSSR count). The quantitative estimate of drug-likeness (QED) is 0.638. The van der Waals surface area contributed by atoms with Crippen molar-refractivity contribution in [1.29, 1.82) is 0 Å². The molecule has 0 unspecified atom stereocenters. The number of nitrogens with zero attached hydrogens (tertiary/aromatic N) is 3. The average Bonchev–Trinajstić information content (AvgIpc) is 3.11. The number of hydrogen-bond donors (Lipinski definition) is 3. The summed E-state index contributed by atoms with van der Waals surface area (Å²) in [4.78, 5) is 4.41. The van der Waals surface area contributed by atoms with Gasteiger partial charge in [0.15, 0.2) is 5.65 Å². The minimum atomic E-state index is 0.338. The molecule has 1 fully saturated rings. The Labute approximate surface area is 157 Å². The van der Waals surface area contributed by atoms with Crippen molar-refractivity contribution in [3.8, 4) is 0 Å². The highest BCUT2D eigenvalue weighted by Gasteiger charge is 2.19. The van der Waals surface area contributed by atoms with Gasteiger partial charge >= 0.3 is 0 Å². The van der Waals surface area contributed by atoms with Gasteiger partial charge in [0.25, 0.3) is 0 Å². The zero-order valence-corrected chi connectivity index (χ0v) is 15.3. The predicted octanol–water partition coefficient (Wildman–Crippen LogP) is 3.68. The first kappa shape index (κ1) is 17.1. The highest BCUT2D eigenvalue weighted by atomic mass is 35.5. The monoisotopic (exact) mass is 370 g/mol. The van der Waals surface area contributed by atoms with Crippen LogP contribution in [0.15, 0.2) is 42.7 Å². The van der Waals surface area contributed by atoms with Crippen LogP contribution in [0.5, 0.6) is 0 Å². The number of anilines is 2. The second-order valence-electron chi connectivity index (χ2n) is 6.84. The van der Waals surface area contributed by atoms with E-state index in [0.29, 0.717) is 18.6 Å². The Morgan fingerprint density at radius 3 is 2.81 bits per heavy atom. The summed E-state index contributed by atoms with van der Waals surface area (Å²) >= 11 is 6.26. The highest BCUT2D eigenvalue weighted by molar-refractivity contribution is 6.31. The van der Waals surface area contributed by atoms with Gasteiger partial charge in [-0.1, -0.05) is 29.8 Å². The molecule has 2 aromatic heterocycles. The third kappa shape index (κ3) is 3.76. The highest BCUT2D eigenvalue weighted by Crippen LogP contribution is 2.24. The molecule has 7 heteroatoms. The molecular weight excluding hydrogens is 348 g/mol. The molecule has 1 aliphatic rings. The Balaban J connectivity index is 1.54. The Kier molecular flexibility index (Phi) is 4.95. The van der Waals surface area contributed by atoms with E-state index in [-0.39, 0.29) is 0 Å². The first-order valence-electron chi connectivity index (χ1n) is 9.03. The maximum Gasteiger partial charge on any atom is 0.177 e. The Bertz CT molecular complexity index is 885. The Hall–Kier alpha value is -2.31. The van der Waals surface area contributed by atoms with Gasteiger partial charge in [-0.05, 0) is 37.3 Å². The van der Waals surface area contributed by atoms with Gasteiger partial charge in [0.05, 0.1) is 5.69 Å². The lowest BCUT2D eigenvalue weighted by atomic mass is 9.92. The Morgan fingerprint density at radius 2 is 2.00 bits per heavy atom. The lowest BCUT2D eigenvalue weighted by Gasteiger charge is -2.27. The summed E-state index contributed by atoms with van der Waals surface area (Å²) in [5.41, 5.74) is 8.78. The number of halogens is 1. The van der Waals surface area contributed by atoms with Crippen molar-refractivity contribution in [2.24, 2.45) is 5.73 Å². The Morgan fingerprint density at radius 1 is 1.19 bits per heavy atom. The van der Waals surface area contributed by atoms with Crippen molar-refractivity contribution in [3.05, 3.63) is 53.3 Å². The van der Waals surface area contributed by atoms with E-state index in [0.717, 1.165) is 53.4 Å². The molecule has 1 aliphatic carbocycles. The fraction of sp³-hybridized carbons (Fsp3) is 0.368. The van der Waals surface area contributed by atoms with Crippen molar-refractivity contribution in [1.82, 2.24) is 14.6 Å². The molecule has 3 aromatic rings. The van der Waals surface area contributed by atoms with Crippen LogP contribution >= 0.6 is 11.6 Å². The van der Waals surface area contributed by atoms with Crippen LogP contribution in [-0.2, 0) is 6.54 Å². The number of hydrogen-bond acceptors (Lipinski definition) is 5. The number of aromatic nitrogens is 3. The zero-order valence-electron chi connectivity index (χ0n) is 14.5. The fourth-order valence-corrected chi connectivity index (χ4v) is 3.62. The van der Waals surface area contributed by atoms with Crippen LogP contribution in [0.1, 0.15) is 31.2 Å². The van der Waals surface area contributed by atoms with Crippen LogP contribution in [0.25, 0.3) is 5.65 Å². The molecule has 0 saturated heterocycles. The van der Waals surface area contributed by atoms with E-state index in [9.17, 15) is 0 Å². The molecule has 136 valence electrons. The van der Waals surface area contributed by atoms with Crippen LogP contribution in [0.4, 0.5) is 11.5 Å². The van der Waals surface area contributed by atoms with Crippen LogP contribution in [-0.4, -0.2) is 26.7 Å². The van der Waals surface area contributed by atoms with E-state index in [1.165, 1.54) is 0 Å². The van der Waals surface area contributed by atoms with Gasteiger partial charge in [0.2, 0.25) is 0 Å². The zero-order chi connectivity index (χ0) is 17.9. The molecule has 4 N–H and O–H groups in total. The van der Waals surface area contributed by atoms with E-state index in [2.05, 4.69) is 20.7 Å². The van der Waals surface area contributed by atoms with Crippen LogP contribution in [0.3, 0.4) is 0 Å². The van der Waals surface area contributed by atoms with Gasteiger partial charge in [-0.3, -0.25) is 0 Å². The van der Waals surface area contributed by atoms with E-state index in [4.69, 9.17) is 17.3 Å². The van der Waals surface area contributed by atoms with Crippen molar-refractivity contribution in [2.45, 2.75) is 44.3 Å². The second-order valence-corrected chi connectivity index (χ2v) is 7.25. The first-order chi connectivity index (χ1) is 12.7. The van der Waals surface area contributed by atoms with Crippen LogP contribution in [0, 0.1) is 0 Å². The predicted molar refractivity (Wildman–Crippen MR) is 106 cm³/mol. The topological polar surface area (TPSA) is 80.3 Å². The lowest BCUT2D eigenvalue weighted by molar-refractivity contribution is 0.410. The molecule has 1 aromatic carbocycles. The van der Waals surface area contributed by atoms with Gasteiger partial charge in [-0.15, -0.1) is 5.10 Å². The normalized spacial score (nSPS) is 20.2. The van der Waals surface area contributed by atoms with Crippen LogP contribution in [0.2, 0.25) is 5.02 Å². The van der Waals surface area contributed by atoms with Gasteiger partial charge in [0, 0.05) is 42.1 Å². The number of rotatable bonds is 5. The van der Waals surface area contributed by atoms with Gasteiger partial charge < -0.3 is 16.4 Å². The average molecular weight is 371 g/mol. The van der Waals surface area contributed by atoms with Crippen molar-refractivity contribution < 1.29 is 0 Å². The minimum absolute atomic E-state index is 0.338. The van der Waals surface area contributed by atoms with Gasteiger partial charge in [-0.25, -0.2) is 9.50 Å². The van der Waals surface area contributed by atoms with E-state index in [1.54, 1.807) is 10.7 Å². The fourth-order valence-electron chi connectivity index (χ4n) is 3.42. The number of benzene rings is 1. The molecule has 0 bridgehead atoms. The molecule has 0 atom stereocenters. The standard InChI is InChI=1S/C19H23ClN6/c20-16-4-2-1-3-13(16)12-23-17-11-18(25-26-10-9-22-19(17)26)24-15-7-5-14(21)6-8-15/h1-4,9-11,14-15,23H,5-8,12,21H2,(H,24,25). The largest absolute Gasteiger partial charge is 0.378 e. The lowest BCUT2D eigenvalue weighted by Crippen LogP contribution is -2.33. The summed E-state index contributed by atoms with van der Waals surface area (Å²) in [6.07, 6.45) is 7.88. The van der Waals surface area contributed by atoms with Gasteiger partial charge in [0.1, 0.15) is 5.82 Å². The molecule has 0 aliphatic heterocycles. The summed E-state index contributed by atoms with van der Waals surface area (Å²) in [6.45, 7) is 0.629. The van der Waals surface area contributed by atoms with E-state index < -0.39 is 0 Å². The first-order valence-corrected chi connectivity index (χ1v) is 9.40. The second kappa shape index (κ2) is 7.51. The molecule has 0 amide bonds. The minimum Gasteiger partial charge on any atom is -0.378 e. The van der Waals surface area contributed by atoms with E-state index >= 15 is 0 Å². The molecule has 0 radical (unpaired) electrons. The SMILES string of the molecule is NC1CCC(Nc2cc(NCc3ccccc3Cl)c3nccn3n2)CC1. The molecule has 6 nitrogen and oxygen atoms in total. The molecule has 26 heavy (non-hydrogen) atoms. The molecular formula is C19H23ClN6. The van der Waals surface area contributed by atoms with Crippen LogP contribution < -0.4 is 16.4 Å². The summed E-state index contributed by atoms with van der Waals surface area (Å²) in [7, 11) is 0. The number of fused-ring (bicyclic) bond motifs is 1. The summed E-state index contributed by atoms with van der Waals surface area (Å²) < 4.78 is 1.80. The number of imidazole rings is 1. The number of nitrogens with two attached hydrogens (primary N) is 1. The summed E-state index contributed by atoms with van der Waals surface area (Å²) in [6, 6.07) is 10.6.